The number of hydrogen-bond acceptors (Lipinski definition) is 4. The van der Waals surface area contributed by atoms with Gasteiger partial charge < -0.3 is 20.1 Å². The molecule has 118 valence electrons. The molecule has 5 heteroatoms. The first kappa shape index (κ1) is 17.2. The zero-order chi connectivity index (χ0) is 14.8. The Kier molecular flexibility index (Phi) is 7.92. The molecule has 0 saturated carbocycles. The summed E-state index contributed by atoms with van der Waals surface area (Å²) in [6.07, 6.45) is 5.59. The first-order valence-corrected chi connectivity index (χ1v) is 7.76. The highest BCUT2D eigenvalue weighted by Gasteiger charge is 2.15. The van der Waals surface area contributed by atoms with Crippen LogP contribution in [0.5, 0.6) is 0 Å². The third kappa shape index (κ3) is 9.15. The number of carbonyl (C=O) groups is 1. The van der Waals surface area contributed by atoms with E-state index in [0.717, 1.165) is 51.8 Å². The summed E-state index contributed by atoms with van der Waals surface area (Å²) in [4.78, 5) is 11.4. The Balaban J connectivity index is 1.83. The second-order valence-corrected chi connectivity index (χ2v) is 6.33. The lowest BCUT2D eigenvalue weighted by atomic mass is 10.2. The highest BCUT2D eigenvalue weighted by molar-refractivity contribution is 5.67. The van der Waals surface area contributed by atoms with Crippen molar-refractivity contribution in [3.63, 3.8) is 0 Å². The maximum absolute atomic E-state index is 11.4. The molecule has 0 bridgehead atoms. The maximum Gasteiger partial charge on any atom is 0.407 e. The van der Waals surface area contributed by atoms with Gasteiger partial charge in [0.25, 0.3) is 0 Å². The number of ether oxygens (including phenoxy) is 2. The van der Waals surface area contributed by atoms with Crippen LogP contribution in [0.3, 0.4) is 0 Å². The Bertz CT molecular complexity index is 271. The van der Waals surface area contributed by atoms with Gasteiger partial charge in [0.2, 0.25) is 0 Å². The van der Waals surface area contributed by atoms with E-state index in [4.69, 9.17) is 9.47 Å². The molecule has 2 N–H and O–H groups in total. The quantitative estimate of drug-likeness (QED) is 0.673. The van der Waals surface area contributed by atoms with Crippen molar-refractivity contribution in [1.82, 2.24) is 10.6 Å². The van der Waals surface area contributed by atoms with Crippen molar-refractivity contribution in [3.8, 4) is 0 Å². The normalized spacial score (nSPS) is 19.1. The van der Waals surface area contributed by atoms with Crippen LogP contribution in [0.2, 0.25) is 0 Å². The first-order valence-electron chi connectivity index (χ1n) is 7.76. The third-order valence-corrected chi connectivity index (χ3v) is 3.11. The number of amides is 1. The van der Waals surface area contributed by atoms with Gasteiger partial charge in [0, 0.05) is 19.7 Å². The summed E-state index contributed by atoms with van der Waals surface area (Å²) in [5.74, 6) is 0. The van der Waals surface area contributed by atoms with Crippen LogP contribution >= 0.6 is 0 Å². The number of nitrogens with one attached hydrogen (secondary N) is 2. The zero-order valence-electron chi connectivity index (χ0n) is 13.2. The highest BCUT2D eigenvalue weighted by Crippen LogP contribution is 2.07. The van der Waals surface area contributed by atoms with E-state index in [1.807, 2.05) is 20.8 Å². The van der Waals surface area contributed by atoms with E-state index in [-0.39, 0.29) is 6.09 Å². The van der Waals surface area contributed by atoms with E-state index in [2.05, 4.69) is 10.6 Å². The topological polar surface area (TPSA) is 59.6 Å². The van der Waals surface area contributed by atoms with Gasteiger partial charge in [0.1, 0.15) is 5.60 Å². The fraction of sp³-hybridized carbons (Fsp3) is 0.933. The van der Waals surface area contributed by atoms with Crippen molar-refractivity contribution in [2.75, 3.05) is 26.2 Å². The fourth-order valence-electron chi connectivity index (χ4n) is 2.11. The lowest BCUT2D eigenvalue weighted by Gasteiger charge is -2.19. The lowest BCUT2D eigenvalue weighted by Crippen LogP contribution is -2.32. The van der Waals surface area contributed by atoms with Gasteiger partial charge in [-0.3, -0.25) is 0 Å². The lowest BCUT2D eigenvalue weighted by molar-refractivity contribution is 0.0525. The van der Waals surface area contributed by atoms with Crippen LogP contribution in [-0.4, -0.2) is 44.0 Å². The molecule has 0 unspecified atom stereocenters. The van der Waals surface area contributed by atoms with Gasteiger partial charge in [0.15, 0.2) is 0 Å². The second kappa shape index (κ2) is 9.19. The Labute approximate surface area is 122 Å². The van der Waals surface area contributed by atoms with Crippen molar-refractivity contribution in [3.05, 3.63) is 0 Å². The molecule has 0 radical (unpaired) electrons. The molecule has 0 aromatic carbocycles. The molecular formula is C15H30N2O3. The van der Waals surface area contributed by atoms with Gasteiger partial charge >= 0.3 is 6.09 Å². The molecule has 0 spiro atoms. The summed E-state index contributed by atoms with van der Waals surface area (Å²) >= 11 is 0. The Morgan fingerprint density at radius 2 is 2.00 bits per heavy atom. The predicted octanol–water partition coefficient (Wildman–Crippen LogP) is 2.45. The van der Waals surface area contributed by atoms with Crippen LogP contribution in [0, 0.1) is 0 Å². The summed E-state index contributed by atoms with van der Waals surface area (Å²) < 4.78 is 10.9. The van der Waals surface area contributed by atoms with Crippen LogP contribution in [0.15, 0.2) is 0 Å². The molecule has 1 aliphatic heterocycles. The molecule has 20 heavy (non-hydrogen) atoms. The van der Waals surface area contributed by atoms with Crippen LogP contribution in [0.25, 0.3) is 0 Å². The van der Waals surface area contributed by atoms with Crippen LogP contribution in [0.4, 0.5) is 4.79 Å². The standard InChI is InChI=1S/C15H30N2O3/c1-15(2,3)20-14(18)17-9-6-4-5-7-11-19-13-8-10-16-12-13/h13,16H,4-12H2,1-3H3,(H,17,18)/t13-/m0/s1. The molecule has 1 rings (SSSR count). The number of unbranched alkanes of at least 4 members (excludes halogenated alkanes) is 3. The Morgan fingerprint density at radius 3 is 2.65 bits per heavy atom. The van der Waals surface area contributed by atoms with E-state index < -0.39 is 5.60 Å². The van der Waals surface area contributed by atoms with Crippen molar-refractivity contribution < 1.29 is 14.3 Å². The largest absolute Gasteiger partial charge is 0.444 e. The van der Waals surface area contributed by atoms with Crippen molar-refractivity contribution in [2.24, 2.45) is 0 Å². The SMILES string of the molecule is CC(C)(C)OC(=O)NCCCCCCO[C@H]1CCNC1. The molecule has 1 amide bonds. The monoisotopic (exact) mass is 286 g/mol. The van der Waals surface area contributed by atoms with Crippen molar-refractivity contribution in [1.29, 1.82) is 0 Å². The minimum Gasteiger partial charge on any atom is -0.444 e. The van der Waals surface area contributed by atoms with Crippen LogP contribution < -0.4 is 10.6 Å². The molecule has 1 atom stereocenters. The summed E-state index contributed by atoms with van der Waals surface area (Å²) in [6, 6.07) is 0. The minimum atomic E-state index is -0.420. The molecule has 1 aliphatic rings. The predicted molar refractivity (Wildman–Crippen MR) is 79.9 cm³/mol. The molecule has 1 heterocycles. The molecule has 1 saturated heterocycles. The molecule has 1 fully saturated rings. The molecule has 5 nitrogen and oxygen atoms in total. The zero-order valence-corrected chi connectivity index (χ0v) is 13.2. The summed E-state index contributed by atoms with van der Waals surface area (Å²) in [5.41, 5.74) is -0.420. The summed E-state index contributed by atoms with van der Waals surface area (Å²) in [7, 11) is 0. The second-order valence-electron chi connectivity index (χ2n) is 6.33. The fourth-order valence-corrected chi connectivity index (χ4v) is 2.11. The maximum atomic E-state index is 11.4. The van der Waals surface area contributed by atoms with E-state index in [1.54, 1.807) is 0 Å². The van der Waals surface area contributed by atoms with E-state index in [0.29, 0.717) is 12.6 Å². The van der Waals surface area contributed by atoms with E-state index in [1.165, 1.54) is 0 Å². The molecule has 0 aromatic rings. The minimum absolute atomic E-state index is 0.324. The summed E-state index contributed by atoms with van der Waals surface area (Å²) in [6.45, 7) is 9.22. The van der Waals surface area contributed by atoms with Crippen molar-refractivity contribution in [2.45, 2.75) is 64.6 Å². The highest BCUT2D eigenvalue weighted by atomic mass is 16.6. The van der Waals surface area contributed by atoms with Crippen LogP contribution in [-0.2, 0) is 9.47 Å². The smallest absolute Gasteiger partial charge is 0.407 e. The van der Waals surface area contributed by atoms with E-state index >= 15 is 0 Å². The van der Waals surface area contributed by atoms with Gasteiger partial charge in [-0.2, -0.15) is 0 Å². The van der Waals surface area contributed by atoms with Gasteiger partial charge in [-0.15, -0.1) is 0 Å². The van der Waals surface area contributed by atoms with E-state index in [9.17, 15) is 4.79 Å². The Hall–Kier alpha value is -0.810. The molecular weight excluding hydrogens is 256 g/mol. The number of hydrogen-bond donors (Lipinski definition) is 2. The molecule has 0 aromatic heterocycles. The average Bonchev–Trinajstić information content (AvgIpc) is 2.83. The average molecular weight is 286 g/mol. The number of alkyl carbamates (subject to hydrolysis) is 1. The first-order chi connectivity index (χ1) is 9.47. The van der Waals surface area contributed by atoms with Gasteiger partial charge in [-0.25, -0.2) is 4.79 Å². The Morgan fingerprint density at radius 1 is 1.25 bits per heavy atom. The van der Waals surface area contributed by atoms with Crippen LogP contribution in [0.1, 0.15) is 52.9 Å². The number of rotatable bonds is 8. The van der Waals surface area contributed by atoms with Gasteiger partial charge in [-0.1, -0.05) is 12.8 Å². The summed E-state index contributed by atoms with van der Waals surface area (Å²) in [5, 5.41) is 6.06. The van der Waals surface area contributed by atoms with Gasteiger partial charge in [-0.05, 0) is 46.6 Å². The number of carbonyl (C=O) groups excluding carboxylic acids is 1. The van der Waals surface area contributed by atoms with Crippen molar-refractivity contribution >= 4 is 6.09 Å². The third-order valence-electron chi connectivity index (χ3n) is 3.11. The molecule has 0 aliphatic carbocycles. The van der Waals surface area contributed by atoms with Gasteiger partial charge in [0.05, 0.1) is 6.10 Å².